The first-order valence-electron chi connectivity index (χ1n) is 7.14. The van der Waals surface area contributed by atoms with Gasteiger partial charge < -0.3 is 14.2 Å². The first-order chi connectivity index (χ1) is 10.1. The van der Waals surface area contributed by atoms with Crippen molar-refractivity contribution in [3.05, 3.63) is 11.5 Å². The van der Waals surface area contributed by atoms with Gasteiger partial charge in [-0.3, -0.25) is 4.90 Å². The number of fused-ring (bicyclic) bond motifs is 1. The third kappa shape index (κ3) is 3.02. The lowest BCUT2D eigenvalue weighted by Gasteiger charge is -2.31. The summed E-state index contributed by atoms with van der Waals surface area (Å²) in [5.74, 6) is -0.632. The molecule has 0 spiro atoms. The second-order valence-corrected chi connectivity index (χ2v) is 6.76. The van der Waals surface area contributed by atoms with Crippen molar-refractivity contribution in [2.45, 2.75) is 64.6 Å². The fourth-order valence-electron chi connectivity index (χ4n) is 2.62. The highest BCUT2D eigenvalue weighted by Crippen LogP contribution is 2.43. The number of carbonyl (C=O) groups excluding carboxylic acids is 1. The molecule has 2 atom stereocenters. The molecule has 2 unspecified atom stereocenters. The lowest BCUT2D eigenvalue weighted by atomic mass is 10.1. The Kier molecular flexibility index (Phi) is 4.09. The zero-order valence-electron chi connectivity index (χ0n) is 13.5. The van der Waals surface area contributed by atoms with Crippen LogP contribution in [0.15, 0.2) is 11.5 Å². The number of nitrogens with zero attached hydrogens (tertiary/aromatic N) is 2. The summed E-state index contributed by atoms with van der Waals surface area (Å²) in [6.07, 6.45) is -1.35. The van der Waals surface area contributed by atoms with Crippen LogP contribution >= 0.6 is 0 Å². The summed E-state index contributed by atoms with van der Waals surface area (Å²) < 4.78 is 30.2. The average Bonchev–Trinajstić information content (AvgIpc) is 2.79. The molecule has 2 rings (SSSR count). The van der Waals surface area contributed by atoms with E-state index >= 15 is 0 Å². The van der Waals surface area contributed by atoms with Gasteiger partial charge in [-0.25, -0.2) is 9.18 Å². The van der Waals surface area contributed by atoms with Crippen LogP contribution in [0.2, 0.25) is 0 Å². The summed E-state index contributed by atoms with van der Waals surface area (Å²) in [6, 6.07) is 1.36. The van der Waals surface area contributed by atoms with Gasteiger partial charge >= 0.3 is 6.09 Å². The van der Waals surface area contributed by atoms with Gasteiger partial charge in [0.25, 0.3) is 0 Å². The Labute approximate surface area is 129 Å². The van der Waals surface area contributed by atoms with E-state index in [1.807, 2.05) is 6.07 Å². The van der Waals surface area contributed by atoms with Crippen molar-refractivity contribution in [2.75, 3.05) is 6.67 Å². The highest BCUT2D eigenvalue weighted by molar-refractivity contribution is 5.72. The van der Waals surface area contributed by atoms with E-state index in [0.717, 1.165) is 4.90 Å². The Morgan fingerprint density at radius 3 is 2.64 bits per heavy atom. The third-order valence-electron chi connectivity index (χ3n) is 3.30. The monoisotopic (exact) mass is 312 g/mol. The summed E-state index contributed by atoms with van der Waals surface area (Å²) >= 11 is 0. The molecule has 0 aromatic heterocycles. The molecule has 22 heavy (non-hydrogen) atoms. The van der Waals surface area contributed by atoms with Crippen LogP contribution in [0, 0.1) is 11.3 Å². The molecule has 6 nitrogen and oxygen atoms in total. The minimum atomic E-state index is -0.909. The van der Waals surface area contributed by atoms with Gasteiger partial charge in [-0.05, 0) is 20.8 Å². The smallest absolute Gasteiger partial charge is 0.415 e. The Morgan fingerprint density at radius 2 is 2.14 bits per heavy atom. The van der Waals surface area contributed by atoms with Crippen molar-refractivity contribution < 1.29 is 23.4 Å². The third-order valence-corrected chi connectivity index (χ3v) is 3.30. The predicted octanol–water partition coefficient (Wildman–Crippen LogP) is 2.85. The number of amides is 1. The highest BCUT2D eigenvalue weighted by atomic mass is 19.1. The minimum Gasteiger partial charge on any atom is -0.462 e. The summed E-state index contributed by atoms with van der Waals surface area (Å²) in [4.78, 5) is 13.5. The topological polar surface area (TPSA) is 71.8 Å². The fraction of sp³-hybridized carbons (Fsp3) is 0.733. The van der Waals surface area contributed by atoms with Gasteiger partial charge in [0, 0.05) is 13.8 Å². The number of rotatable bonds is 2. The highest BCUT2D eigenvalue weighted by Gasteiger charge is 2.54. The average molecular weight is 312 g/mol. The van der Waals surface area contributed by atoms with Crippen LogP contribution < -0.4 is 0 Å². The van der Waals surface area contributed by atoms with Gasteiger partial charge in [-0.15, -0.1) is 0 Å². The molecule has 0 aliphatic carbocycles. The molecule has 1 amide bonds. The summed E-state index contributed by atoms with van der Waals surface area (Å²) in [6.45, 7) is 7.68. The first-order valence-corrected chi connectivity index (χ1v) is 7.14. The van der Waals surface area contributed by atoms with E-state index in [9.17, 15) is 9.18 Å². The van der Waals surface area contributed by atoms with E-state index in [1.54, 1.807) is 34.6 Å². The molecule has 1 fully saturated rings. The number of allylic oxidation sites excluding steroid dienone is 1. The van der Waals surface area contributed by atoms with Gasteiger partial charge in [0.1, 0.15) is 18.4 Å². The van der Waals surface area contributed by atoms with E-state index in [4.69, 9.17) is 19.5 Å². The Morgan fingerprint density at radius 1 is 1.50 bits per heavy atom. The van der Waals surface area contributed by atoms with Gasteiger partial charge in [0.15, 0.2) is 5.76 Å². The van der Waals surface area contributed by atoms with Crippen LogP contribution in [0.4, 0.5) is 9.18 Å². The molecular formula is C15H21FN2O4. The van der Waals surface area contributed by atoms with Gasteiger partial charge in [0.2, 0.25) is 5.79 Å². The molecular weight excluding hydrogens is 291 g/mol. The van der Waals surface area contributed by atoms with Crippen molar-refractivity contribution in [1.82, 2.24) is 4.90 Å². The molecule has 0 aromatic rings. The molecule has 1 saturated heterocycles. The van der Waals surface area contributed by atoms with Crippen molar-refractivity contribution in [3.8, 4) is 6.07 Å². The molecule has 0 bridgehead atoms. The number of hydrogen-bond donors (Lipinski definition) is 0. The van der Waals surface area contributed by atoms with Gasteiger partial charge in [-0.2, -0.15) is 5.26 Å². The summed E-state index contributed by atoms with van der Waals surface area (Å²) in [7, 11) is 0. The minimum absolute atomic E-state index is 0.00362. The summed E-state index contributed by atoms with van der Waals surface area (Å²) in [5.41, 5.74) is -0.649. The molecule has 0 N–H and O–H groups in total. The van der Waals surface area contributed by atoms with Gasteiger partial charge in [-0.1, -0.05) is 0 Å². The lowest BCUT2D eigenvalue weighted by molar-refractivity contribution is -0.144. The van der Waals surface area contributed by atoms with E-state index in [2.05, 4.69) is 0 Å². The van der Waals surface area contributed by atoms with Crippen LogP contribution in [0.3, 0.4) is 0 Å². The maximum atomic E-state index is 13.5. The number of nitriles is 1. The molecule has 2 heterocycles. The number of alkyl halides is 1. The van der Waals surface area contributed by atoms with Crippen LogP contribution in [-0.2, 0) is 14.2 Å². The van der Waals surface area contributed by atoms with Crippen molar-refractivity contribution in [1.29, 1.82) is 5.26 Å². The predicted molar refractivity (Wildman–Crippen MR) is 75.1 cm³/mol. The zero-order chi connectivity index (χ0) is 16.7. The number of carbonyl (C=O) groups is 1. The Hall–Kier alpha value is -1.81. The zero-order valence-corrected chi connectivity index (χ0v) is 13.5. The lowest BCUT2D eigenvalue weighted by Crippen LogP contribution is -2.45. The van der Waals surface area contributed by atoms with E-state index < -0.39 is 36.3 Å². The van der Waals surface area contributed by atoms with Crippen molar-refractivity contribution in [2.24, 2.45) is 0 Å². The Bertz CT molecular complexity index is 545. The quantitative estimate of drug-likeness (QED) is 0.784. The second kappa shape index (κ2) is 5.43. The molecule has 0 saturated carbocycles. The van der Waals surface area contributed by atoms with E-state index in [1.165, 1.54) is 0 Å². The Balaban J connectivity index is 2.37. The van der Waals surface area contributed by atoms with E-state index in [-0.39, 0.29) is 17.9 Å². The van der Waals surface area contributed by atoms with Crippen LogP contribution in [0.25, 0.3) is 0 Å². The maximum Gasteiger partial charge on any atom is 0.415 e. The molecule has 2 aliphatic rings. The van der Waals surface area contributed by atoms with E-state index in [0.29, 0.717) is 0 Å². The van der Waals surface area contributed by atoms with Crippen LogP contribution in [-0.4, -0.2) is 41.2 Å². The standard InChI is InChI=1S/C15H21FN2O4/c1-14(2,3)22-13(19)18-9(6-7-17)11-12(10(18)8-16)21-15(4,5)20-11/h9,11H,6,8H2,1-5H3. The van der Waals surface area contributed by atoms with Crippen LogP contribution in [0.5, 0.6) is 0 Å². The first kappa shape index (κ1) is 16.6. The molecule has 0 aromatic carbocycles. The number of ether oxygens (including phenoxy) is 3. The number of hydrogen-bond acceptors (Lipinski definition) is 5. The molecule has 2 aliphatic heterocycles. The van der Waals surface area contributed by atoms with Crippen molar-refractivity contribution >= 4 is 6.09 Å². The summed E-state index contributed by atoms with van der Waals surface area (Å²) in [5, 5.41) is 9.03. The molecule has 0 radical (unpaired) electrons. The van der Waals surface area contributed by atoms with Crippen molar-refractivity contribution in [3.63, 3.8) is 0 Å². The number of halogens is 1. The van der Waals surface area contributed by atoms with Gasteiger partial charge in [0.05, 0.1) is 24.2 Å². The van der Waals surface area contributed by atoms with Crippen LogP contribution in [0.1, 0.15) is 41.0 Å². The molecule has 7 heteroatoms. The maximum absolute atomic E-state index is 13.5. The second-order valence-electron chi connectivity index (χ2n) is 6.76. The SMILES string of the molecule is CC(C)(C)OC(=O)N1C(CF)=C2OC(C)(C)OC2C1CC#N. The normalized spacial score (nSPS) is 26.5. The largest absolute Gasteiger partial charge is 0.462 e. The fourth-order valence-corrected chi connectivity index (χ4v) is 2.62. The molecule has 122 valence electrons.